The molecule has 0 fully saturated rings. The number of fused-ring (bicyclic) bond motifs is 1. The summed E-state index contributed by atoms with van der Waals surface area (Å²) in [5, 5.41) is 4.45. The molecule has 20 heavy (non-hydrogen) atoms. The molecule has 1 aromatic carbocycles. The number of hydrogen-bond acceptors (Lipinski definition) is 4. The van der Waals surface area contributed by atoms with Crippen molar-refractivity contribution in [1.29, 1.82) is 0 Å². The van der Waals surface area contributed by atoms with E-state index in [1.54, 1.807) is 0 Å². The van der Waals surface area contributed by atoms with E-state index in [2.05, 4.69) is 68.4 Å². The zero-order valence-electron chi connectivity index (χ0n) is 13.3. The van der Waals surface area contributed by atoms with Crippen molar-refractivity contribution in [3.05, 3.63) is 29.5 Å². The van der Waals surface area contributed by atoms with Crippen LogP contribution in [0.25, 0.3) is 10.9 Å². The average molecular weight is 272 g/mol. The van der Waals surface area contributed by atoms with Gasteiger partial charge in [0.15, 0.2) is 0 Å². The molecule has 0 amide bonds. The predicted molar refractivity (Wildman–Crippen MR) is 87.9 cm³/mol. The minimum Gasteiger partial charge on any atom is -0.378 e. The fourth-order valence-electron chi connectivity index (χ4n) is 2.57. The highest BCUT2D eigenvalue weighted by molar-refractivity contribution is 5.96. The maximum absolute atomic E-state index is 4.75. The highest BCUT2D eigenvalue weighted by atomic mass is 15.1. The maximum Gasteiger partial charge on any atom is 0.0727 e. The highest BCUT2D eigenvalue weighted by Gasteiger charge is 2.14. The van der Waals surface area contributed by atoms with Gasteiger partial charge in [0.2, 0.25) is 0 Å². The van der Waals surface area contributed by atoms with E-state index in [1.807, 2.05) is 7.05 Å². The molecular formula is C16H24N4. The van der Waals surface area contributed by atoms with E-state index in [-0.39, 0.29) is 0 Å². The summed E-state index contributed by atoms with van der Waals surface area (Å²) in [6.07, 6.45) is 0. The van der Waals surface area contributed by atoms with E-state index in [0.29, 0.717) is 0 Å². The minimum absolute atomic E-state index is 0.828. The van der Waals surface area contributed by atoms with E-state index in [4.69, 9.17) is 4.98 Å². The van der Waals surface area contributed by atoms with Crippen LogP contribution < -0.4 is 15.1 Å². The first-order valence-corrected chi connectivity index (χ1v) is 6.88. The van der Waals surface area contributed by atoms with Gasteiger partial charge in [-0.15, -0.1) is 0 Å². The molecule has 1 aromatic heterocycles. The third kappa shape index (κ3) is 2.56. The van der Waals surface area contributed by atoms with Crippen molar-refractivity contribution in [2.75, 3.05) is 45.0 Å². The lowest BCUT2D eigenvalue weighted by Crippen LogP contribution is -2.17. The van der Waals surface area contributed by atoms with E-state index in [9.17, 15) is 0 Å². The van der Waals surface area contributed by atoms with E-state index >= 15 is 0 Å². The van der Waals surface area contributed by atoms with Crippen LogP contribution >= 0.6 is 0 Å². The third-order valence-corrected chi connectivity index (χ3v) is 3.56. The van der Waals surface area contributed by atoms with Gasteiger partial charge in [0, 0.05) is 57.1 Å². The van der Waals surface area contributed by atoms with Gasteiger partial charge in [-0.25, -0.2) is 0 Å². The SMILES string of the molecule is CNCc1c(C)nc2ccc(N(C)C)cc2c1N(C)C. The Morgan fingerprint density at radius 1 is 1.10 bits per heavy atom. The van der Waals surface area contributed by atoms with Crippen LogP contribution in [0.3, 0.4) is 0 Å². The summed E-state index contributed by atoms with van der Waals surface area (Å²) >= 11 is 0. The molecule has 0 spiro atoms. The van der Waals surface area contributed by atoms with Gasteiger partial charge in [-0.3, -0.25) is 4.98 Å². The number of aryl methyl sites for hydroxylation is 1. The molecule has 0 aliphatic heterocycles. The molecule has 0 unspecified atom stereocenters. The summed E-state index contributed by atoms with van der Waals surface area (Å²) in [6.45, 7) is 2.91. The second-order valence-corrected chi connectivity index (χ2v) is 5.55. The number of benzene rings is 1. The van der Waals surface area contributed by atoms with Crippen LogP contribution in [-0.2, 0) is 6.54 Å². The number of nitrogens with zero attached hydrogens (tertiary/aromatic N) is 3. The first kappa shape index (κ1) is 14.6. The number of nitrogens with one attached hydrogen (secondary N) is 1. The molecule has 1 heterocycles. The van der Waals surface area contributed by atoms with E-state index < -0.39 is 0 Å². The largest absolute Gasteiger partial charge is 0.378 e. The summed E-state index contributed by atoms with van der Waals surface area (Å²) < 4.78 is 0. The van der Waals surface area contributed by atoms with Crippen molar-refractivity contribution in [2.24, 2.45) is 0 Å². The fourth-order valence-corrected chi connectivity index (χ4v) is 2.57. The Morgan fingerprint density at radius 3 is 2.35 bits per heavy atom. The smallest absolute Gasteiger partial charge is 0.0727 e. The Bertz CT molecular complexity index is 617. The standard InChI is InChI=1S/C16H24N4/c1-11-14(10-17-2)16(20(5)6)13-9-12(19(3)4)7-8-15(13)18-11/h7-9,17H,10H2,1-6H3. The molecule has 0 aliphatic rings. The number of anilines is 2. The molecule has 1 N–H and O–H groups in total. The molecule has 108 valence electrons. The van der Waals surface area contributed by atoms with Gasteiger partial charge in [0.1, 0.15) is 0 Å². The van der Waals surface area contributed by atoms with Crippen LogP contribution in [0, 0.1) is 6.92 Å². The Balaban J connectivity index is 2.79. The molecule has 0 bridgehead atoms. The second kappa shape index (κ2) is 5.67. The summed E-state index contributed by atoms with van der Waals surface area (Å²) in [5.74, 6) is 0. The molecule has 0 aliphatic carbocycles. The Hall–Kier alpha value is -1.81. The topological polar surface area (TPSA) is 31.4 Å². The maximum atomic E-state index is 4.75. The van der Waals surface area contributed by atoms with Gasteiger partial charge in [0.25, 0.3) is 0 Å². The molecule has 0 radical (unpaired) electrons. The number of pyridine rings is 1. The fraction of sp³-hybridized carbons (Fsp3) is 0.438. The van der Waals surface area contributed by atoms with Gasteiger partial charge < -0.3 is 15.1 Å². The zero-order valence-corrected chi connectivity index (χ0v) is 13.3. The highest BCUT2D eigenvalue weighted by Crippen LogP contribution is 2.32. The van der Waals surface area contributed by atoms with Gasteiger partial charge >= 0.3 is 0 Å². The van der Waals surface area contributed by atoms with Gasteiger partial charge in [-0.1, -0.05) is 0 Å². The van der Waals surface area contributed by atoms with Gasteiger partial charge in [-0.2, -0.15) is 0 Å². The van der Waals surface area contributed by atoms with Crippen LogP contribution in [0.1, 0.15) is 11.3 Å². The predicted octanol–water partition coefficient (Wildman–Crippen LogP) is 2.39. The molecular weight excluding hydrogens is 248 g/mol. The molecule has 4 nitrogen and oxygen atoms in total. The molecule has 2 aromatic rings. The lowest BCUT2D eigenvalue weighted by molar-refractivity contribution is 0.804. The summed E-state index contributed by atoms with van der Waals surface area (Å²) in [4.78, 5) is 9.06. The monoisotopic (exact) mass is 272 g/mol. The van der Waals surface area contributed by atoms with Crippen LogP contribution in [-0.4, -0.2) is 40.2 Å². The first-order chi connectivity index (χ1) is 9.45. The normalized spacial score (nSPS) is 10.9. The number of hydrogen-bond donors (Lipinski definition) is 1. The van der Waals surface area contributed by atoms with Crippen molar-refractivity contribution in [1.82, 2.24) is 10.3 Å². The number of rotatable bonds is 4. The molecule has 0 atom stereocenters. The summed E-state index contributed by atoms with van der Waals surface area (Å²) in [7, 11) is 10.3. The van der Waals surface area contributed by atoms with Crippen LogP contribution in [0.2, 0.25) is 0 Å². The lowest BCUT2D eigenvalue weighted by atomic mass is 10.0. The third-order valence-electron chi connectivity index (χ3n) is 3.56. The van der Waals surface area contributed by atoms with E-state index in [1.165, 1.54) is 22.3 Å². The van der Waals surface area contributed by atoms with Crippen LogP contribution in [0.4, 0.5) is 11.4 Å². The van der Waals surface area contributed by atoms with Crippen molar-refractivity contribution in [3.63, 3.8) is 0 Å². The molecule has 0 saturated carbocycles. The zero-order chi connectivity index (χ0) is 14.9. The Kier molecular flexibility index (Phi) is 4.14. The summed E-state index contributed by atoms with van der Waals surface area (Å²) in [5.41, 5.74) is 5.86. The van der Waals surface area contributed by atoms with Crippen molar-refractivity contribution in [2.45, 2.75) is 13.5 Å². The Morgan fingerprint density at radius 2 is 1.80 bits per heavy atom. The first-order valence-electron chi connectivity index (χ1n) is 6.88. The lowest BCUT2D eigenvalue weighted by Gasteiger charge is -2.23. The van der Waals surface area contributed by atoms with E-state index in [0.717, 1.165) is 17.8 Å². The van der Waals surface area contributed by atoms with Crippen LogP contribution in [0.5, 0.6) is 0 Å². The molecule has 4 heteroatoms. The minimum atomic E-state index is 0.828. The van der Waals surface area contributed by atoms with Crippen molar-refractivity contribution in [3.8, 4) is 0 Å². The van der Waals surface area contributed by atoms with Crippen LogP contribution in [0.15, 0.2) is 18.2 Å². The van der Waals surface area contributed by atoms with Crippen molar-refractivity contribution < 1.29 is 0 Å². The van der Waals surface area contributed by atoms with Crippen molar-refractivity contribution >= 4 is 22.3 Å². The molecule has 2 rings (SSSR count). The van der Waals surface area contributed by atoms with Gasteiger partial charge in [0.05, 0.1) is 11.2 Å². The Labute approximate surface area is 121 Å². The summed E-state index contributed by atoms with van der Waals surface area (Å²) in [6, 6.07) is 6.44. The quantitative estimate of drug-likeness (QED) is 0.926. The van der Waals surface area contributed by atoms with Gasteiger partial charge in [-0.05, 0) is 32.2 Å². The number of aromatic nitrogens is 1. The average Bonchev–Trinajstić information content (AvgIpc) is 2.38. The molecule has 0 saturated heterocycles. The second-order valence-electron chi connectivity index (χ2n) is 5.55.